The van der Waals surface area contributed by atoms with Crippen molar-refractivity contribution in [1.82, 2.24) is 5.32 Å². The Bertz CT molecular complexity index is 407. The van der Waals surface area contributed by atoms with E-state index in [1.807, 2.05) is 6.92 Å². The summed E-state index contributed by atoms with van der Waals surface area (Å²) in [6.07, 6.45) is 0. The molecule has 3 nitrogen and oxygen atoms in total. The van der Waals surface area contributed by atoms with Gasteiger partial charge >= 0.3 is 0 Å². The summed E-state index contributed by atoms with van der Waals surface area (Å²) in [6, 6.07) is 2.56. The van der Waals surface area contributed by atoms with Gasteiger partial charge in [0.25, 0.3) is 0 Å². The van der Waals surface area contributed by atoms with Crippen LogP contribution in [0.3, 0.4) is 0 Å². The second kappa shape index (κ2) is 4.33. The third-order valence-electron chi connectivity index (χ3n) is 2.95. The summed E-state index contributed by atoms with van der Waals surface area (Å²) in [6.45, 7) is 3.89. The molecule has 2 N–H and O–H groups in total. The van der Waals surface area contributed by atoms with Gasteiger partial charge in [0.1, 0.15) is 11.6 Å². The quantitative estimate of drug-likeness (QED) is 0.785. The molecule has 1 fully saturated rings. The molecular weight excluding hydrogens is 228 g/mol. The summed E-state index contributed by atoms with van der Waals surface area (Å²) in [5.41, 5.74) is 0.0851. The molecule has 0 aromatic heterocycles. The van der Waals surface area contributed by atoms with Gasteiger partial charge in [-0.3, -0.25) is 0 Å². The van der Waals surface area contributed by atoms with Gasteiger partial charge in [-0.1, -0.05) is 0 Å². The largest absolute Gasteiger partial charge is 0.361 e. The van der Waals surface area contributed by atoms with Crippen LogP contribution in [-0.4, -0.2) is 23.8 Å². The van der Waals surface area contributed by atoms with E-state index in [1.165, 1.54) is 0 Å². The second-order valence-electron chi connectivity index (χ2n) is 4.45. The van der Waals surface area contributed by atoms with Gasteiger partial charge < -0.3 is 15.2 Å². The van der Waals surface area contributed by atoms with E-state index in [0.29, 0.717) is 0 Å². The maximum atomic E-state index is 13.1. The lowest BCUT2D eigenvalue weighted by Crippen LogP contribution is -2.58. The Kier molecular flexibility index (Phi) is 3.16. The average molecular weight is 243 g/mol. The average Bonchev–Trinajstić information content (AvgIpc) is 2.22. The minimum atomic E-state index is -1.70. The highest BCUT2D eigenvalue weighted by Crippen LogP contribution is 2.30. The number of hydrogen-bond donors (Lipinski definition) is 2. The van der Waals surface area contributed by atoms with E-state index in [1.54, 1.807) is 6.92 Å². The molecule has 2 rings (SSSR count). The van der Waals surface area contributed by atoms with Crippen molar-refractivity contribution in [1.29, 1.82) is 0 Å². The van der Waals surface area contributed by atoms with Crippen molar-refractivity contribution in [2.75, 3.05) is 6.61 Å². The lowest BCUT2D eigenvalue weighted by Gasteiger charge is -2.41. The first-order valence-corrected chi connectivity index (χ1v) is 5.51. The van der Waals surface area contributed by atoms with E-state index in [4.69, 9.17) is 4.74 Å². The molecule has 0 saturated carbocycles. The van der Waals surface area contributed by atoms with Crippen LogP contribution < -0.4 is 5.32 Å². The van der Waals surface area contributed by atoms with Gasteiger partial charge in [0, 0.05) is 17.7 Å². The molecule has 1 aromatic rings. The van der Waals surface area contributed by atoms with Gasteiger partial charge in [-0.25, -0.2) is 8.78 Å². The topological polar surface area (TPSA) is 41.5 Å². The van der Waals surface area contributed by atoms with Crippen molar-refractivity contribution in [2.24, 2.45) is 0 Å². The molecule has 94 valence electrons. The van der Waals surface area contributed by atoms with Crippen LogP contribution in [0.25, 0.3) is 0 Å². The summed E-state index contributed by atoms with van der Waals surface area (Å²) < 4.78 is 31.6. The molecule has 0 aliphatic carbocycles. The Balaban J connectivity index is 2.37. The molecule has 5 heteroatoms. The molecule has 1 saturated heterocycles. The number of hydrogen-bond acceptors (Lipinski definition) is 3. The maximum absolute atomic E-state index is 13.1. The smallest absolute Gasteiger partial charge is 0.208 e. The third kappa shape index (κ3) is 2.31. The number of halogens is 2. The molecule has 1 heterocycles. The Morgan fingerprint density at radius 1 is 1.29 bits per heavy atom. The fourth-order valence-electron chi connectivity index (χ4n) is 2.06. The van der Waals surface area contributed by atoms with Crippen molar-refractivity contribution in [3.8, 4) is 0 Å². The summed E-state index contributed by atoms with van der Waals surface area (Å²) in [7, 11) is 0. The Morgan fingerprint density at radius 2 is 1.88 bits per heavy atom. The van der Waals surface area contributed by atoms with Gasteiger partial charge in [0.15, 0.2) is 0 Å². The molecular formula is C12H15F2NO2. The van der Waals surface area contributed by atoms with Crippen LogP contribution in [0.15, 0.2) is 18.2 Å². The van der Waals surface area contributed by atoms with Crippen molar-refractivity contribution in [3.05, 3.63) is 35.4 Å². The zero-order valence-corrected chi connectivity index (χ0v) is 9.71. The summed E-state index contributed by atoms with van der Waals surface area (Å²) in [5, 5.41) is 13.4. The number of morpholine rings is 1. The van der Waals surface area contributed by atoms with Gasteiger partial charge in [-0.15, -0.1) is 0 Å². The predicted molar refractivity (Wildman–Crippen MR) is 58.3 cm³/mol. The molecule has 1 aromatic carbocycles. The van der Waals surface area contributed by atoms with Crippen LogP contribution in [0.2, 0.25) is 0 Å². The highest BCUT2D eigenvalue weighted by molar-refractivity contribution is 5.24. The van der Waals surface area contributed by atoms with Crippen molar-refractivity contribution in [3.63, 3.8) is 0 Å². The minimum Gasteiger partial charge on any atom is -0.361 e. The number of aliphatic hydroxyl groups is 1. The SMILES string of the molecule is C[C@H]1CO[C@](O)(c2cc(F)cc(F)c2)[C@@H](C)N1. The molecule has 1 aliphatic rings. The molecule has 3 atom stereocenters. The van der Waals surface area contributed by atoms with Gasteiger partial charge in [0.2, 0.25) is 5.79 Å². The first kappa shape index (κ1) is 12.4. The van der Waals surface area contributed by atoms with E-state index < -0.39 is 23.5 Å². The van der Waals surface area contributed by atoms with E-state index in [0.717, 1.165) is 18.2 Å². The van der Waals surface area contributed by atoms with Crippen LogP contribution >= 0.6 is 0 Å². The number of nitrogens with one attached hydrogen (secondary N) is 1. The predicted octanol–water partition coefficient (Wildman–Crippen LogP) is 1.51. The summed E-state index contributed by atoms with van der Waals surface area (Å²) in [5.74, 6) is -3.17. The zero-order valence-electron chi connectivity index (χ0n) is 9.71. The molecule has 17 heavy (non-hydrogen) atoms. The molecule has 0 spiro atoms. The standard InChI is InChI=1S/C12H15F2NO2/c1-7-6-17-12(16,8(2)15-7)9-3-10(13)5-11(14)4-9/h3-5,7-8,15-16H,6H2,1-2H3/t7-,8+,12-/m0/s1. The van der Waals surface area contributed by atoms with Gasteiger partial charge in [-0.05, 0) is 26.0 Å². The van der Waals surface area contributed by atoms with E-state index in [-0.39, 0.29) is 18.2 Å². The van der Waals surface area contributed by atoms with Crippen LogP contribution in [0.4, 0.5) is 8.78 Å². The minimum absolute atomic E-state index is 0.0851. The maximum Gasteiger partial charge on any atom is 0.208 e. The monoisotopic (exact) mass is 243 g/mol. The Labute approximate surface area is 98.4 Å². The number of ether oxygens (including phenoxy) is 1. The molecule has 0 bridgehead atoms. The fourth-order valence-corrected chi connectivity index (χ4v) is 2.06. The van der Waals surface area contributed by atoms with Crippen molar-refractivity contribution in [2.45, 2.75) is 31.7 Å². The summed E-state index contributed by atoms with van der Waals surface area (Å²) >= 11 is 0. The highest BCUT2D eigenvalue weighted by atomic mass is 19.1. The lowest BCUT2D eigenvalue weighted by molar-refractivity contribution is -0.253. The second-order valence-corrected chi connectivity index (χ2v) is 4.45. The molecule has 0 radical (unpaired) electrons. The third-order valence-corrected chi connectivity index (χ3v) is 2.95. The van der Waals surface area contributed by atoms with Crippen LogP contribution in [0.1, 0.15) is 19.4 Å². The van der Waals surface area contributed by atoms with Crippen LogP contribution in [-0.2, 0) is 10.5 Å². The van der Waals surface area contributed by atoms with Gasteiger partial charge in [-0.2, -0.15) is 0 Å². The van der Waals surface area contributed by atoms with Crippen molar-refractivity contribution < 1.29 is 18.6 Å². The van der Waals surface area contributed by atoms with Gasteiger partial charge in [0.05, 0.1) is 12.6 Å². The van der Waals surface area contributed by atoms with E-state index in [9.17, 15) is 13.9 Å². The molecule has 0 amide bonds. The number of benzene rings is 1. The Morgan fingerprint density at radius 3 is 2.41 bits per heavy atom. The molecule has 0 unspecified atom stereocenters. The van der Waals surface area contributed by atoms with Crippen molar-refractivity contribution >= 4 is 0 Å². The first-order chi connectivity index (χ1) is 7.91. The molecule has 1 aliphatic heterocycles. The zero-order chi connectivity index (χ0) is 12.6. The summed E-state index contributed by atoms with van der Waals surface area (Å²) in [4.78, 5) is 0. The Hall–Kier alpha value is -1.04. The van der Waals surface area contributed by atoms with E-state index in [2.05, 4.69) is 5.32 Å². The van der Waals surface area contributed by atoms with Crippen LogP contribution in [0, 0.1) is 11.6 Å². The first-order valence-electron chi connectivity index (χ1n) is 5.51. The lowest BCUT2D eigenvalue weighted by atomic mass is 9.96. The number of rotatable bonds is 1. The fraction of sp³-hybridized carbons (Fsp3) is 0.500. The van der Waals surface area contributed by atoms with Crippen LogP contribution in [0.5, 0.6) is 0 Å². The van der Waals surface area contributed by atoms with E-state index >= 15 is 0 Å². The normalized spacial score (nSPS) is 33.7. The highest BCUT2D eigenvalue weighted by Gasteiger charge is 2.41.